The second kappa shape index (κ2) is 5.74. The fourth-order valence-corrected chi connectivity index (χ4v) is 2.86. The molecule has 0 spiro atoms. The van der Waals surface area contributed by atoms with Gasteiger partial charge in [0.2, 0.25) is 10.0 Å². The Labute approximate surface area is 116 Å². The van der Waals surface area contributed by atoms with Crippen molar-refractivity contribution in [1.29, 1.82) is 0 Å². The summed E-state index contributed by atoms with van der Waals surface area (Å²) >= 11 is 0. The Kier molecular flexibility index (Phi) is 4.22. The van der Waals surface area contributed by atoms with Gasteiger partial charge in [0.1, 0.15) is 5.82 Å². The number of nitrogens with zero attached hydrogens (tertiary/aromatic N) is 1. The van der Waals surface area contributed by atoms with Gasteiger partial charge in [0.05, 0.1) is 11.5 Å². The van der Waals surface area contributed by atoms with Crippen LogP contribution in [0.4, 0.5) is 4.39 Å². The highest BCUT2D eigenvalue weighted by atomic mass is 32.2. The summed E-state index contributed by atoms with van der Waals surface area (Å²) in [6.07, 6.45) is 1.43. The Morgan fingerprint density at radius 1 is 1.30 bits per heavy atom. The third-order valence-corrected chi connectivity index (χ3v) is 4.30. The van der Waals surface area contributed by atoms with Crippen LogP contribution in [0.2, 0.25) is 0 Å². The van der Waals surface area contributed by atoms with Crippen LogP contribution in [-0.2, 0) is 30.2 Å². The standard InChI is InChI=1S/C13H15FN2O3S/c1-16-8-13(6-12(16)9-17)20(18,19)15-7-10-2-4-11(14)5-3-10/h2-6,8,15,17H,7,9H2,1H3. The van der Waals surface area contributed by atoms with Crippen LogP contribution in [0.25, 0.3) is 0 Å². The molecule has 1 aromatic carbocycles. The first kappa shape index (κ1) is 14.7. The first-order valence-corrected chi connectivity index (χ1v) is 7.41. The van der Waals surface area contributed by atoms with Crippen molar-refractivity contribution in [2.24, 2.45) is 7.05 Å². The summed E-state index contributed by atoms with van der Waals surface area (Å²) in [4.78, 5) is 0.0890. The molecule has 0 amide bonds. The van der Waals surface area contributed by atoms with Gasteiger partial charge in [-0.1, -0.05) is 12.1 Å². The summed E-state index contributed by atoms with van der Waals surface area (Å²) in [5.41, 5.74) is 1.17. The number of halogens is 1. The molecule has 0 unspecified atom stereocenters. The third kappa shape index (κ3) is 3.24. The summed E-state index contributed by atoms with van der Waals surface area (Å²) < 4.78 is 40.9. The van der Waals surface area contributed by atoms with Gasteiger partial charge in [0, 0.05) is 25.5 Å². The zero-order chi connectivity index (χ0) is 14.8. The number of benzene rings is 1. The summed E-state index contributed by atoms with van der Waals surface area (Å²) in [7, 11) is -2.00. The molecule has 1 aromatic heterocycles. The van der Waals surface area contributed by atoms with E-state index in [9.17, 15) is 12.8 Å². The molecule has 0 atom stereocenters. The van der Waals surface area contributed by atoms with Crippen molar-refractivity contribution < 1.29 is 17.9 Å². The van der Waals surface area contributed by atoms with Crippen LogP contribution >= 0.6 is 0 Å². The molecular formula is C13H15FN2O3S. The largest absolute Gasteiger partial charge is 0.390 e. The number of aliphatic hydroxyl groups is 1. The van der Waals surface area contributed by atoms with Gasteiger partial charge in [0.15, 0.2) is 0 Å². The lowest BCUT2D eigenvalue weighted by molar-refractivity contribution is 0.272. The van der Waals surface area contributed by atoms with Crippen molar-refractivity contribution in [3.63, 3.8) is 0 Å². The minimum atomic E-state index is -3.66. The van der Waals surface area contributed by atoms with Gasteiger partial charge in [-0.05, 0) is 23.8 Å². The number of aryl methyl sites for hydroxylation is 1. The van der Waals surface area contributed by atoms with Gasteiger partial charge in [-0.3, -0.25) is 0 Å². The van der Waals surface area contributed by atoms with Crippen LogP contribution in [0.3, 0.4) is 0 Å². The summed E-state index contributed by atoms with van der Waals surface area (Å²) in [6.45, 7) is -0.157. The zero-order valence-corrected chi connectivity index (χ0v) is 11.7. The molecule has 0 aliphatic heterocycles. The average Bonchev–Trinajstić information content (AvgIpc) is 2.80. The van der Waals surface area contributed by atoms with E-state index in [4.69, 9.17) is 5.11 Å². The Bertz CT molecular complexity index is 693. The number of hydrogen-bond donors (Lipinski definition) is 2. The molecular weight excluding hydrogens is 283 g/mol. The maximum Gasteiger partial charge on any atom is 0.242 e. The number of sulfonamides is 1. The molecule has 108 valence electrons. The highest BCUT2D eigenvalue weighted by molar-refractivity contribution is 7.89. The predicted octanol–water partition coefficient (Wildman–Crippen LogP) is 1.13. The smallest absolute Gasteiger partial charge is 0.242 e. The fraction of sp³-hybridized carbons (Fsp3) is 0.231. The van der Waals surface area contributed by atoms with Crippen molar-refractivity contribution >= 4 is 10.0 Å². The molecule has 20 heavy (non-hydrogen) atoms. The van der Waals surface area contributed by atoms with Crippen LogP contribution in [0.1, 0.15) is 11.3 Å². The monoisotopic (exact) mass is 298 g/mol. The van der Waals surface area contributed by atoms with E-state index in [1.54, 1.807) is 11.6 Å². The topological polar surface area (TPSA) is 71.3 Å². The van der Waals surface area contributed by atoms with Crippen LogP contribution in [0, 0.1) is 5.82 Å². The minimum absolute atomic E-state index is 0.0754. The molecule has 0 aliphatic rings. The van der Waals surface area contributed by atoms with Crippen molar-refractivity contribution in [2.75, 3.05) is 0 Å². The maximum atomic E-state index is 12.7. The van der Waals surface area contributed by atoms with E-state index in [2.05, 4.69) is 4.72 Å². The summed E-state index contributed by atoms with van der Waals surface area (Å²) in [5, 5.41) is 9.06. The molecule has 0 radical (unpaired) electrons. The summed E-state index contributed by atoms with van der Waals surface area (Å²) in [5.74, 6) is -0.368. The molecule has 1 heterocycles. The van der Waals surface area contributed by atoms with E-state index in [1.807, 2.05) is 0 Å². The Morgan fingerprint density at radius 2 is 1.95 bits per heavy atom. The molecule has 2 N–H and O–H groups in total. The van der Waals surface area contributed by atoms with E-state index in [1.165, 1.54) is 36.5 Å². The number of nitrogens with one attached hydrogen (secondary N) is 1. The molecule has 0 saturated heterocycles. The second-order valence-corrected chi connectivity index (χ2v) is 6.15. The van der Waals surface area contributed by atoms with Crippen LogP contribution < -0.4 is 4.72 Å². The second-order valence-electron chi connectivity index (χ2n) is 4.39. The molecule has 0 fully saturated rings. The lowest BCUT2D eigenvalue weighted by atomic mass is 10.2. The minimum Gasteiger partial charge on any atom is -0.390 e. The zero-order valence-electron chi connectivity index (χ0n) is 10.9. The summed E-state index contributed by atoms with van der Waals surface area (Å²) in [6, 6.07) is 6.99. The van der Waals surface area contributed by atoms with E-state index in [0.717, 1.165) is 0 Å². The molecule has 0 aliphatic carbocycles. The van der Waals surface area contributed by atoms with Gasteiger partial charge in [0.25, 0.3) is 0 Å². The van der Waals surface area contributed by atoms with Crippen LogP contribution in [0.5, 0.6) is 0 Å². The Morgan fingerprint density at radius 3 is 2.50 bits per heavy atom. The Hall–Kier alpha value is -1.70. The highest BCUT2D eigenvalue weighted by Gasteiger charge is 2.17. The fourth-order valence-electron chi connectivity index (χ4n) is 1.75. The first-order valence-electron chi connectivity index (χ1n) is 5.92. The van der Waals surface area contributed by atoms with Crippen LogP contribution in [0.15, 0.2) is 41.4 Å². The molecule has 7 heteroatoms. The number of rotatable bonds is 5. The Balaban J connectivity index is 2.12. The van der Waals surface area contributed by atoms with Gasteiger partial charge in [-0.2, -0.15) is 0 Å². The molecule has 2 aromatic rings. The normalized spacial score (nSPS) is 11.8. The lowest BCUT2D eigenvalue weighted by Crippen LogP contribution is -2.22. The van der Waals surface area contributed by atoms with Gasteiger partial charge in [-0.15, -0.1) is 0 Å². The van der Waals surface area contributed by atoms with Crippen molar-refractivity contribution in [2.45, 2.75) is 18.0 Å². The number of hydrogen-bond acceptors (Lipinski definition) is 3. The van der Waals surface area contributed by atoms with Gasteiger partial charge >= 0.3 is 0 Å². The third-order valence-electron chi connectivity index (χ3n) is 2.93. The maximum absolute atomic E-state index is 12.7. The van der Waals surface area contributed by atoms with E-state index in [0.29, 0.717) is 11.3 Å². The van der Waals surface area contributed by atoms with Gasteiger partial charge in [-0.25, -0.2) is 17.5 Å². The van der Waals surface area contributed by atoms with E-state index in [-0.39, 0.29) is 23.9 Å². The van der Waals surface area contributed by atoms with Crippen molar-refractivity contribution in [3.8, 4) is 0 Å². The van der Waals surface area contributed by atoms with E-state index >= 15 is 0 Å². The molecule has 5 nitrogen and oxygen atoms in total. The average molecular weight is 298 g/mol. The first-order chi connectivity index (χ1) is 9.42. The van der Waals surface area contributed by atoms with Crippen LogP contribution in [-0.4, -0.2) is 18.1 Å². The van der Waals surface area contributed by atoms with Crippen molar-refractivity contribution in [1.82, 2.24) is 9.29 Å². The molecule has 2 rings (SSSR count). The molecule has 0 bridgehead atoms. The lowest BCUT2D eigenvalue weighted by Gasteiger charge is -2.05. The number of aromatic nitrogens is 1. The SMILES string of the molecule is Cn1cc(S(=O)(=O)NCc2ccc(F)cc2)cc1CO. The van der Waals surface area contributed by atoms with Gasteiger partial charge < -0.3 is 9.67 Å². The highest BCUT2D eigenvalue weighted by Crippen LogP contribution is 2.14. The molecule has 0 saturated carbocycles. The van der Waals surface area contributed by atoms with Crippen molar-refractivity contribution in [3.05, 3.63) is 53.6 Å². The number of aliphatic hydroxyl groups excluding tert-OH is 1. The quantitative estimate of drug-likeness (QED) is 0.869. The van der Waals surface area contributed by atoms with E-state index < -0.39 is 10.0 Å². The predicted molar refractivity (Wildman–Crippen MR) is 71.8 cm³/mol.